The predicted molar refractivity (Wildman–Crippen MR) is 53.4 cm³/mol. The van der Waals surface area contributed by atoms with E-state index in [0.717, 1.165) is 5.56 Å². The Balaban J connectivity index is 2.74. The summed E-state index contributed by atoms with van der Waals surface area (Å²) in [5, 5.41) is 8.50. The fourth-order valence-corrected chi connectivity index (χ4v) is 1.16. The van der Waals surface area contributed by atoms with Crippen molar-refractivity contribution < 1.29 is 14.6 Å². The summed E-state index contributed by atoms with van der Waals surface area (Å²) in [6.07, 6.45) is 0.610. The number of carbonyl (C=O) groups is 1. The molecule has 14 heavy (non-hydrogen) atoms. The highest BCUT2D eigenvalue weighted by molar-refractivity contribution is 5.67. The minimum atomic E-state index is -0.805. The molecule has 0 spiro atoms. The summed E-state index contributed by atoms with van der Waals surface area (Å²) in [4.78, 5) is 10.3. The zero-order chi connectivity index (χ0) is 10.6. The second-order valence-corrected chi connectivity index (χ2v) is 2.97. The van der Waals surface area contributed by atoms with Crippen LogP contribution in [-0.2, 0) is 11.2 Å². The van der Waals surface area contributed by atoms with Crippen LogP contribution < -0.4 is 10.5 Å². The van der Waals surface area contributed by atoms with Crippen LogP contribution in [0.15, 0.2) is 18.2 Å². The van der Waals surface area contributed by atoms with Crippen LogP contribution in [0.4, 0.5) is 5.69 Å². The molecule has 1 rings (SSSR count). The number of anilines is 1. The quantitative estimate of drug-likeness (QED) is 0.710. The predicted octanol–water partition coefficient (Wildman–Crippen LogP) is 1.29. The van der Waals surface area contributed by atoms with Gasteiger partial charge < -0.3 is 15.6 Å². The van der Waals surface area contributed by atoms with Crippen LogP contribution in [0.1, 0.15) is 12.0 Å². The largest absolute Gasteiger partial charge is 0.495 e. The summed E-state index contributed by atoms with van der Waals surface area (Å²) >= 11 is 0. The average Bonchev–Trinajstić information content (AvgIpc) is 2.16. The normalized spacial score (nSPS) is 9.79. The first-order valence-corrected chi connectivity index (χ1v) is 4.27. The number of rotatable bonds is 4. The van der Waals surface area contributed by atoms with Gasteiger partial charge in [-0.1, -0.05) is 6.07 Å². The van der Waals surface area contributed by atoms with Crippen LogP contribution in [0.2, 0.25) is 0 Å². The molecule has 0 fully saturated rings. The van der Waals surface area contributed by atoms with Crippen LogP contribution in [0, 0.1) is 0 Å². The van der Waals surface area contributed by atoms with Crippen LogP contribution in [0.25, 0.3) is 0 Å². The van der Waals surface area contributed by atoms with E-state index in [0.29, 0.717) is 17.9 Å². The first kappa shape index (κ1) is 10.4. The Labute approximate surface area is 82.3 Å². The van der Waals surface area contributed by atoms with Gasteiger partial charge in [-0.15, -0.1) is 0 Å². The molecule has 0 heterocycles. The third-order valence-electron chi connectivity index (χ3n) is 1.93. The third kappa shape index (κ3) is 2.65. The molecular formula is C10H13NO3. The summed E-state index contributed by atoms with van der Waals surface area (Å²) in [6, 6.07) is 5.29. The van der Waals surface area contributed by atoms with Gasteiger partial charge in [0.15, 0.2) is 0 Å². The molecule has 0 aliphatic rings. The molecule has 76 valence electrons. The maximum absolute atomic E-state index is 10.3. The highest BCUT2D eigenvalue weighted by Crippen LogP contribution is 2.22. The minimum absolute atomic E-state index is 0.118. The van der Waals surface area contributed by atoms with E-state index < -0.39 is 5.97 Å². The van der Waals surface area contributed by atoms with Crippen molar-refractivity contribution in [3.8, 4) is 5.75 Å². The van der Waals surface area contributed by atoms with Crippen molar-refractivity contribution in [1.29, 1.82) is 0 Å². The minimum Gasteiger partial charge on any atom is -0.495 e. The molecule has 0 amide bonds. The van der Waals surface area contributed by atoms with Gasteiger partial charge in [-0.2, -0.15) is 0 Å². The second-order valence-electron chi connectivity index (χ2n) is 2.97. The van der Waals surface area contributed by atoms with Gasteiger partial charge in [-0.25, -0.2) is 0 Å². The Morgan fingerprint density at radius 3 is 2.86 bits per heavy atom. The number of hydrogen-bond donors (Lipinski definition) is 2. The Morgan fingerprint density at radius 2 is 2.29 bits per heavy atom. The van der Waals surface area contributed by atoms with Crippen molar-refractivity contribution in [3.05, 3.63) is 23.8 Å². The van der Waals surface area contributed by atoms with E-state index in [2.05, 4.69) is 0 Å². The van der Waals surface area contributed by atoms with E-state index in [-0.39, 0.29) is 6.42 Å². The Bertz CT molecular complexity index is 336. The second kappa shape index (κ2) is 4.50. The molecule has 0 radical (unpaired) electrons. The molecule has 0 aliphatic heterocycles. The molecule has 0 saturated heterocycles. The smallest absolute Gasteiger partial charge is 0.303 e. The highest BCUT2D eigenvalue weighted by Gasteiger charge is 2.03. The van der Waals surface area contributed by atoms with Gasteiger partial charge in [-0.05, 0) is 24.1 Å². The lowest BCUT2D eigenvalue weighted by Crippen LogP contribution is -1.99. The lowest BCUT2D eigenvalue weighted by Gasteiger charge is -2.06. The number of aryl methyl sites for hydroxylation is 1. The summed E-state index contributed by atoms with van der Waals surface area (Å²) in [6.45, 7) is 0. The van der Waals surface area contributed by atoms with E-state index in [1.807, 2.05) is 0 Å². The van der Waals surface area contributed by atoms with Crippen molar-refractivity contribution in [1.82, 2.24) is 0 Å². The SMILES string of the molecule is COc1cc(CCC(=O)O)ccc1N. The Hall–Kier alpha value is -1.71. The van der Waals surface area contributed by atoms with Crippen molar-refractivity contribution in [2.75, 3.05) is 12.8 Å². The van der Waals surface area contributed by atoms with E-state index in [4.69, 9.17) is 15.6 Å². The standard InChI is InChI=1S/C10H13NO3/c1-14-9-6-7(2-4-8(9)11)3-5-10(12)13/h2,4,6H,3,5,11H2,1H3,(H,12,13). The number of ether oxygens (including phenoxy) is 1. The van der Waals surface area contributed by atoms with Gasteiger partial charge in [0.05, 0.1) is 12.8 Å². The van der Waals surface area contributed by atoms with E-state index in [9.17, 15) is 4.79 Å². The van der Waals surface area contributed by atoms with Gasteiger partial charge in [0.2, 0.25) is 0 Å². The monoisotopic (exact) mass is 195 g/mol. The number of methoxy groups -OCH3 is 1. The van der Waals surface area contributed by atoms with E-state index >= 15 is 0 Å². The number of aliphatic carboxylic acids is 1. The number of carboxylic acid groups (broad SMARTS) is 1. The number of carboxylic acids is 1. The van der Waals surface area contributed by atoms with Crippen LogP contribution in [0.5, 0.6) is 5.75 Å². The molecule has 0 atom stereocenters. The third-order valence-corrected chi connectivity index (χ3v) is 1.93. The first-order valence-electron chi connectivity index (χ1n) is 4.27. The summed E-state index contributed by atoms with van der Waals surface area (Å²) in [5.74, 6) is -0.214. The molecule has 4 nitrogen and oxygen atoms in total. The molecular weight excluding hydrogens is 182 g/mol. The molecule has 4 heteroatoms. The molecule has 3 N–H and O–H groups in total. The average molecular weight is 195 g/mol. The maximum Gasteiger partial charge on any atom is 0.303 e. The van der Waals surface area contributed by atoms with E-state index in [1.54, 1.807) is 18.2 Å². The first-order chi connectivity index (χ1) is 6.63. The van der Waals surface area contributed by atoms with Crippen molar-refractivity contribution in [3.63, 3.8) is 0 Å². The topological polar surface area (TPSA) is 72.5 Å². The van der Waals surface area contributed by atoms with Gasteiger partial charge in [0.25, 0.3) is 0 Å². The number of nitrogens with two attached hydrogens (primary N) is 1. The van der Waals surface area contributed by atoms with Crippen molar-refractivity contribution >= 4 is 11.7 Å². The van der Waals surface area contributed by atoms with Crippen LogP contribution >= 0.6 is 0 Å². The number of benzene rings is 1. The molecule has 0 bridgehead atoms. The Morgan fingerprint density at radius 1 is 1.57 bits per heavy atom. The molecule has 0 saturated carbocycles. The highest BCUT2D eigenvalue weighted by atomic mass is 16.5. The lowest BCUT2D eigenvalue weighted by molar-refractivity contribution is -0.136. The lowest BCUT2D eigenvalue weighted by atomic mass is 10.1. The molecule has 0 unspecified atom stereocenters. The van der Waals surface area contributed by atoms with Gasteiger partial charge >= 0.3 is 5.97 Å². The van der Waals surface area contributed by atoms with Crippen molar-refractivity contribution in [2.24, 2.45) is 0 Å². The fraction of sp³-hybridized carbons (Fsp3) is 0.300. The maximum atomic E-state index is 10.3. The molecule has 1 aromatic carbocycles. The summed E-state index contributed by atoms with van der Waals surface area (Å²) in [5.41, 5.74) is 7.09. The van der Waals surface area contributed by atoms with Crippen LogP contribution in [-0.4, -0.2) is 18.2 Å². The summed E-state index contributed by atoms with van der Waals surface area (Å²) in [7, 11) is 1.53. The fourth-order valence-electron chi connectivity index (χ4n) is 1.16. The van der Waals surface area contributed by atoms with Gasteiger partial charge in [0.1, 0.15) is 5.75 Å². The molecule has 1 aromatic rings. The van der Waals surface area contributed by atoms with E-state index in [1.165, 1.54) is 7.11 Å². The van der Waals surface area contributed by atoms with Crippen molar-refractivity contribution in [2.45, 2.75) is 12.8 Å². The van der Waals surface area contributed by atoms with Gasteiger partial charge in [-0.3, -0.25) is 4.79 Å². The van der Waals surface area contributed by atoms with Crippen LogP contribution in [0.3, 0.4) is 0 Å². The molecule has 0 aromatic heterocycles. The van der Waals surface area contributed by atoms with Gasteiger partial charge in [0, 0.05) is 6.42 Å². The number of nitrogen functional groups attached to an aromatic ring is 1. The number of hydrogen-bond acceptors (Lipinski definition) is 3. The summed E-state index contributed by atoms with van der Waals surface area (Å²) < 4.78 is 5.02. The molecule has 0 aliphatic carbocycles. The zero-order valence-corrected chi connectivity index (χ0v) is 7.99. The Kier molecular flexibility index (Phi) is 3.34. The zero-order valence-electron chi connectivity index (χ0n) is 7.99.